The highest BCUT2D eigenvalue weighted by Gasteiger charge is 2.27. The maximum Gasteiger partial charge on any atom is 0.329 e. The zero-order valence-electron chi connectivity index (χ0n) is 15.4. The third-order valence-electron chi connectivity index (χ3n) is 3.99. The Balaban J connectivity index is 2.00. The molecule has 1 atom stereocenters. The van der Waals surface area contributed by atoms with Gasteiger partial charge in [-0.1, -0.05) is 31.5 Å². The fourth-order valence-corrected chi connectivity index (χ4v) is 2.46. The van der Waals surface area contributed by atoms with Gasteiger partial charge in [0.25, 0.3) is 5.91 Å². The average Bonchev–Trinajstić information content (AvgIpc) is 3.13. The molecule has 0 aliphatic carbocycles. The molecule has 1 aromatic heterocycles. The minimum absolute atomic E-state index is 0.106. The lowest BCUT2D eigenvalue weighted by Gasteiger charge is -2.20. The fraction of sp³-hybridized carbons (Fsp3) is 0.350. The molecule has 0 fully saturated rings. The minimum atomic E-state index is -0.876. The number of benzene rings is 1. The monoisotopic (exact) mass is 357 g/mol. The summed E-state index contributed by atoms with van der Waals surface area (Å²) in [7, 11) is 0. The van der Waals surface area contributed by atoms with Crippen LogP contribution in [0.25, 0.3) is 0 Å². The van der Waals surface area contributed by atoms with Crippen LogP contribution in [0.1, 0.15) is 45.9 Å². The van der Waals surface area contributed by atoms with E-state index in [0.29, 0.717) is 5.56 Å². The summed E-state index contributed by atoms with van der Waals surface area (Å²) in [6, 6.07) is 7.74. The van der Waals surface area contributed by atoms with E-state index >= 15 is 0 Å². The number of hydrogen-bond donors (Lipinski definition) is 1. The van der Waals surface area contributed by atoms with Crippen molar-refractivity contribution in [2.24, 2.45) is 5.92 Å². The van der Waals surface area contributed by atoms with E-state index in [-0.39, 0.29) is 24.1 Å². The van der Waals surface area contributed by atoms with E-state index in [9.17, 15) is 14.4 Å². The van der Waals surface area contributed by atoms with Gasteiger partial charge < -0.3 is 14.5 Å². The van der Waals surface area contributed by atoms with Crippen LogP contribution in [0, 0.1) is 19.8 Å². The van der Waals surface area contributed by atoms with Crippen molar-refractivity contribution in [2.75, 3.05) is 6.61 Å². The number of hydrogen-bond acceptors (Lipinski definition) is 5. The number of Topliss-reactive ketones (excluding diaryl/α,β-unsaturated/α-hetero) is 1. The first-order valence-corrected chi connectivity index (χ1v) is 8.41. The Kier molecular flexibility index (Phi) is 6.33. The first-order chi connectivity index (χ1) is 12.3. The van der Waals surface area contributed by atoms with Crippen molar-refractivity contribution in [2.45, 2.75) is 33.7 Å². The topological polar surface area (TPSA) is 85.6 Å². The van der Waals surface area contributed by atoms with Crippen LogP contribution in [-0.4, -0.2) is 30.3 Å². The first kappa shape index (κ1) is 19.4. The second-order valence-corrected chi connectivity index (χ2v) is 6.52. The molecule has 1 heterocycles. The van der Waals surface area contributed by atoms with Crippen molar-refractivity contribution >= 4 is 17.7 Å². The van der Waals surface area contributed by atoms with Gasteiger partial charge in [0, 0.05) is 5.56 Å². The van der Waals surface area contributed by atoms with Crippen LogP contribution in [0.2, 0.25) is 0 Å². The predicted octanol–water partition coefficient (Wildman–Crippen LogP) is 3.08. The Bertz CT molecular complexity index is 793. The van der Waals surface area contributed by atoms with Gasteiger partial charge in [-0.15, -0.1) is 0 Å². The van der Waals surface area contributed by atoms with Gasteiger partial charge in [0.1, 0.15) is 6.04 Å². The lowest BCUT2D eigenvalue weighted by molar-refractivity contribution is -0.145. The molecule has 0 radical (unpaired) electrons. The van der Waals surface area contributed by atoms with Crippen LogP contribution in [0.5, 0.6) is 0 Å². The Morgan fingerprint density at radius 1 is 1.15 bits per heavy atom. The molecule has 2 rings (SSSR count). The first-order valence-electron chi connectivity index (χ1n) is 8.41. The summed E-state index contributed by atoms with van der Waals surface area (Å²) in [4.78, 5) is 36.8. The molecule has 6 nitrogen and oxygen atoms in total. The number of furan rings is 1. The standard InChI is InChI=1S/C20H23NO5/c1-12(2)18(21-19(23)17-6-5-9-25-17)20(24)26-11-16(22)15-10-13(3)7-8-14(15)4/h5-10,12,18H,11H2,1-4H3,(H,21,23)/t18-/m0/s1. The summed E-state index contributed by atoms with van der Waals surface area (Å²) < 4.78 is 10.2. The predicted molar refractivity (Wildman–Crippen MR) is 96.0 cm³/mol. The Morgan fingerprint density at radius 3 is 2.50 bits per heavy atom. The summed E-state index contributed by atoms with van der Waals surface area (Å²) in [6.45, 7) is 6.90. The van der Waals surface area contributed by atoms with E-state index in [1.165, 1.54) is 12.3 Å². The van der Waals surface area contributed by atoms with Crippen LogP contribution in [0.15, 0.2) is 41.0 Å². The highest BCUT2D eigenvalue weighted by Crippen LogP contribution is 2.13. The third kappa shape index (κ3) is 4.81. The summed E-state index contributed by atoms with van der Waals surface area (Å²) in [5.74, 6) is -1.54. The fourth-order valence-electron chi connectivity index (χ4n) is 2.46. The molecule has 0 aliphatic rings. The van der Waals surface area contributed by atoms with E-state index in [1.807, 2.05) is 26.0 Å². The SMILES string of the molecule is Cc1ccc(C)c(C(=O)COC(=O)[C@@H](NC(=O)c2ccco2)C(C)C)c1. The molecular weight excluding hydrogens is 334 g/mol. The number of esters is 1. The Hall–Kier alpha value is -2.89. The number of ketones is 1. The molecule has 0 aliphatic heterocycles. The number of ether oxygens (including phenoxy) is 1. The number of nitrogens with one attached hydrogen (secondary N) is 1. The van der Waals surface area contributed by atoms with Gasteiger partial charge in [0.05, 0.1) is 6.26 Å². The summed E-state index contributed by atoms with van der Waals surface area (Å²) in [6.07, 6.45) is 1.38. The molecular formula is C20H23NO5. The molecule has 26 heavy (non-hydrogen) atoms. The second-order valence-electron chi connectivity index (χ2n) is 6.52. The highest BCUT2D eigenvalue weighted by atomic mass is 16.5. The molecule has 1 amide bonds. The van der Waals surface area contributed by atoms with E-state index in [1.54, 1.807) is 26.0 Å². The van der Waals surface area contributed by atoms with Crippen molar-refractivity contribution in [3.05, 3.63) is 59.0 Å². The highest BCUT2D eigenvalue weighted by molar-refractivity contribution is 6.00. The van der Waals surface area contributed by atoms with E-state index in [2.05, 4.69) is 5.32 Å². The van der Waals surface area contributed by atoms with Gasteiger partial charge in [0.2, 0.25) is 5.78 Å². The van der Waals surface area contributed by atoms with E-state index in [4.69, 9.17) is 9.15 Å². The maximum absolute atomic E-state index is 12.4. The maximum atomic E-state index is 12.4. The molecule has 1 N–H and O–H groups in total. The minimum Gasteiger partial charge on any atom is -0.459 e. The van der Waals surface area contributed by atoms with Gasteiger partial charge in [-0.25, -0.2) is 4.79 Å². The third-order valence-corrected chi connectivity index (χ3v) is 3.99. The second kappa shape index (κ2) is 8.47. The Morgan fingerprint density at radius 2 is 1.88 bits per heavy atom. The van der Waals surface area contributed by atoms with Crippen molar-refractivity contribution in [1.29, 1.82) is 0 Å². The zero-order chi connectivity index (χ0) is 19.3. The molecule has 0 spiro atoms. The lowest BCUT2D eigenvalue weighted by Crippen LogP contribution is -2.45. The van der Waals surface area contributed by atoms with Gasteiger partial charge in [-0.05, 0) is 43.5 Å². The van der Waals surface area contributed by atoms with Crippen LogP contribution >= 0.6 is 0 Å². The molecule has 6 heteroatoms. The van der Waals surface area contributed by atoms with Gasteiger partial charge in [-0.2, -0.15) is 0 Å². The molecule has 138 valence electrons. The quantitative estimate of drug-likeness (QED) is 0.608. The van der Waals surface area contributed by atoms with Crippen LogP contribution < -0.4 is 5.32 Å². The molecule has 0 unspecified atom stereocenters. The summed E-state index contributed by atoms with van der Waals surface area (Å²) in [5.41, 5.74) is 2.30. The number of aryl methyl sites for hydroxylation is 2. The molecule has 2 aromatic rings. The normalized spacial score (nSPS) is 11.9. The zero-order valence-corrected chi connectivity index (χ0v) is 15.4. The molecule has 0 bridgehead atoms. The van der Waals surface area contributed by atoms with Crippen LogP contribution in [0.4, 0.5) is 0 Å². The number of carbonyl (C=O) groups excluding carboxylic acids is 3. The Labute approximate surface area is 152 Å². The number of rotatable bonds is 7. The van der Waals surface area contributed by atoms with E-state index < -0.39 is 17.9 Å². The smallest absolute Gasteiger partial charge is 0.329 e. The van der Waals surface area contributed by atoms with Gasteiger partial charge in [0.15, 0.2) is 12.4 Å². The average molecular weight is 357 g/mol. The summed E-state index contributed by atoms with van der Waals surface area (Å²) >= 11 is 0. The number of amides is 1. The van der Waals surface area contributed by atoms with E-state index in [0.717, 1.165) is 11.1 Å². The van der Waals surface area contributed by atoms with Crippen molar-refractivity contribution in [1.82, 2.24) is 5.32 Å². The lowest BCUT2D eigenvalue weighted by atomic mass is 10.0. The van der Waals surface area contributed by atoms with Crippen LogP contribution in [-0.2, 0) is 9.53 Å². The molecule has 0 saturated carbocycles. The molecule has 1 aromatic carbocycles. The largest absolute Gasteiger partial charge is 0.459 e. The van der Waals surface area contributed by atoms with Gasteiger partial charge >= 0.3 is 5.97 Å². The summed E-state index contributed by atoms with van der Waals surface area (Å²) in [5, 5.41) is 2.58. The molecule has 0 saturated heterocycles. The van der Waals surface area contributed by atoms with Crippen molar-refractivity contribution in [3.8, 4) is 0 Å². The van der Waals surface area contributed by atoms with Gasteiger partial charge in [-0.3, -0.25) is 9.59 Å². The van der Waals surface area contributed by atoms with Crippen LogP contribution in [0.3, 0.4) is 0 Å². The van der Waals surface area contributed by atoms with Crippen molar-refractivity contribution in [3.63, 3.8) is 0 Å². The van der Waals surface area contributed by atoms with Crippen molar-refractivity contribution < 1.29 is 23.5 Å². The number of carbonyl (C=O) groups is 3.